The third-order valence-corrected chi connectivity index (χ3v) is 4.56. The Bertz CT molecular complexity index is 606. The molecule has 1 fully saturated rings. The van der Waals surface area contributed by atoms with E-state index in [0.717, 1.165) is 17.7 Å². The summed E-state index contributed by atoms with van der Waals surface area (Å²) in [6.07, 6.45) is 2.94. The van der Waals surface area contributed by atoms with Crippen molar-refractivity contribution in [2.24, 2.45) is 5.92 Å². The molecule has 5 heteroatoms. The van der Waals surface area contributed by atoms with E-state index in [1.54, 1.807) is 6.20 Å². The van der Waals surface area contributed by atoms with E-state index in [1.807, 2.05) is 42.7 Å². The quantitative estimate of drug-likeness (QED) is 0.792. The Hall–Kier alpha value is -1.91. The number of nitrogens with zero attached hydrogens (tertiary/aromatic N) is 3. The van der Waals surface area contributed by atoms with Crippen molar-refractivity contribution < 1.29 is 9.59 Å². The highest BCUT2D eigenvalue weighted by Gasteiger charge is 2.41. The summed E-state index contributed by atoms with van der Waals surface area (Å²) in [6.45, 7) is 7.89. The average molecular weight is 301 g/mol. The molecule has 1 aromatic heterocycles. The molecule has 1 saturated heterocycles. The summed E-state index contributed by atoms with van der Waals surface area (Å²) >= 11 is 0. The standard InChI is InChI=1S/C17H23N3O2/c1-17(2,3)20-11-13(9-15(20)21)16(22)19-8-6-14-12(10-19)5-4-7-18-14/h4-5,7,13H,6,8-11H2,1-3H3/t13-/m1/s1. The van der Waals surface area contributed by atoms with Gasteiger partial charge in [-0.3, -0.25) is 14.6 Å². The predicted octanol–water partition coefficient (Wildman–Crippen LogP) is 1.61. The zero-order valence-corrected chi connectivity index (χ0v) is 13.5. The van der Waals surface area contributed by atoms with Crippen LogP contribution in [0.5, 0.6) is 0 Å². The maximum atomic E-state index is 12.8. The van der Waals surface area contributed by atoms with E-state index < -0.39 is 0 Å². The van der Waals surface area contributed by atoms with Gasteiger partial charge in [0.25, 0.3) is 0 Å². The Morgan fingerprint density at radius 1 is 1.36 bits per heavy atom. The lowest BCUT2D eigenvalue weighted by molar-refractivity contribution is -0.136. The van der Waals surface area contributed by atoms with E-state index in [2.05, 4.69) is 4.98 Å². The fraction of sp³-hybridized carbons (Fsp3) is 0.588. The van der Waals surface area contributed by atoms with Gasteiger partial charge in [-0.05, 0) is 32.4 Å². The third-order valence-electron chi connectivity index (χ3n) is 4.56. The first-order valence-electron chi connectivity index (χ1n) is 7.88. The highest BCUT2D eigenvalue weighted by Crippen LogP contribution is 2.28. The summed E-state index contributed by atoms with van der Waals surface area (Å²) in [6, 6.07) is 3.94. The molecule has 0 saturated carbocycles. The Morgan fingerprint density at radius 2 is 2.14 bits per heavy atom. The van der Waals surface area contributed by atoms with Gasteiger partial charge in [0.05, 0.1) is 5.92 Å². The fourth-order valence-corrected chi connectivity index (χ4v) is 3.33. The van der Waals surface area contributed by atoms with Crippen LogP contribution >= 0.6 is 0 Å². The van der Waals surface area contributed by atoms with E-state index in [4.69, 9.17) is 0 Å². The monoisotopic (exact) mass is 301 g/mol. The van der Waals surface area contributed by atoms with Gasteiger partial charge in [-0.2, -0.15) is 0 Å². The number of fused-ring (bicyclic) bond motifs is 1. The van der Waals surface area contributed by atoms with Crippen LogP contribution in [-0.2, 0) is 22.6 Å². The van der Waals surface area contributed by atoms with E-state index in [0.29, 0.717) is 26.1 Å². The first-order chi connectivity index (χ1) is 10.4. The van der Waals surface area contributed by atoms with E-state index in [1.165, 1.54) is 0 Å². The van der Waals surface area contributed by atoms with Gasteiger partial charge in [-0.15, -0.1) is 0 Å². The molecular formula is C17H23N3O2. The molecular weight excluding hydrogens is 278 g/mol. The van der Waals surface area contributed by atoms with Crippen LogP contribution in [0, 0.1) is 5.92 Å². The number of hydrogen-bond donors (Lipinski definition) is 0. The first-order valence-corrected chi connectivity index (χ1v) is 7.88. The zero-order chi connectivity index (χ0) is 15.9. The van der Waals surface area contributed by atoms with Crippen LogP contribution in [0.4, 0.5) is 0 Å². The highest BCUT2D eigenvalue weighted by atomic mass is 16.2. The molecule has 1 aromatic rings. The van der Waals surface area contributed by atoms with Crippen molar-refractivity contribution in [3.63, 3.8) is 0 Å². The van der Waals surface area contributed by atoms with Gasteiger partial charge in [-0.1, -0.05) is 6.07 Å². The fourth-order valence-electron chi connectivity index (χ4n) is 3.33. The number of carbonyl (C=O) groups is 2. The van der Waals surface area contributed by atoms with Crippen molar-refractivity contribution in [1.29, 1.82) is 0 Å². The number of aromatic nitrogens is 1. The minimum Gasteiger partial charge on any atom is -0.338 e. The molecule has 1 atom stereocenters. The molecule has 0 bridgehead atoms. The molecule has 22 heavy (non-hydrogen) atoms. The summed E-state index contributed by atoms with van der Waals surface area (Å²) < 4.78 is 0. The lowest BCUT2D eigenvalue weighted by Crippen LogP contribution is -2.44. The lowest BCUT2D eigenvalue weighted by Gasteiger charge is -2.33. The number of hydrogen-bond acceptors (Lipinski definition) is 3. The maximum absolute atomic E-state index is 12.8. The highest BCUT2D eigenvalue weighted by molar-refractivity contribution is 5.89. The number of amides is 2. The predicted molar refractivity (Wildman–Crippen MR) is 82.9 cm³/mol. The van der Waals surface area contributed by atoms with Crippen LogP contribution in [0.25, 0.3) is 0 Å². The number of pyridine rings is 1. The Kier molecular flexibility index (Phi) is 3.67. The normalized spacial score (nSPS) is 22.0. The van der Waals surface area contributed by atoms with Crippen LogP contribution < -0.4 is 0 Å². The van der Waals surface area contributed by atoms with Crippen molar-refractivity contribution in [2.75, 3.05) is 13.1 Å². The van der Waals surface area contributed by atoms with Crippen molar-refractivity contribution in [3.05, 3.63) is 29.6 Å². The molecule has 3 rings (SSSR count). The molecule has 2 aliphatic rings. The SMILES string of the molecule is CC(C)(C)N1C[C@H](C(=O)N2CCc3ncccc3C2)CC1=O. The molecule has 0 aliphatic carbocycles. The first kappa shape index (κ1) is 15.0. The molecule has 0 unspecified atom stereocenters. The Morgan fingerprint density at radius 3 is 2.82 bits per heavy atom. The largest absolute Gasteiger partial charge is 0.338 e. The average Bonchev–Trinajstić information content (AvgIpc) is 2.88. The zero-order valence-electron chi connectivity index (χ0n) is 13.5. The summed E-state index contributed by atoms with van der Waals surface area (Å²) in [5.41, 5.74) is 1.99. The molecule has 0 radical (unpaired) electrons. The number of rotatable bonds is 1. The molecule has 0 aromatic carbocycles. The van der Waals surface area contributed by atoms with E-state index in [9.17, 15) is 9.59 Å². The van der Waals surface area contributed by atoms with Gasteiger partial charge < -0.3 is 9.80 Å². The maximum Gasteiger partial charge on any atom is 0.228 e. The number of carbonyl (C=O) groups excluding carboxylic acids is 2. The molecule has 5 nitrogen and oxygen atoms in total. The van der Waals surface area contributed by atoms with Crippen molar-refractivity contribution in [2.45, 2.75) is 45.7 Å². The van der Waals surface area contributed by atoms with Crippen LogP contribution in [0.3, 0.4) is 0 Å². The van der Waals surface area contributed by atoms with E-state index in [-0.39, 0.29) is 23.3 Å². The summed E-state index contributed by atoms with van der Waals surface area (Å²) in [5.74, 6) is -0.00974. The lowest BCUT2D eigenvalue weighted by atomic mass is 10.0. The van der Waals surface area contributed by atoms with Gasteiger partial charge in [-0.25, -0.2) is 0 Å². The second-order valence-corrected chi connectivity index (χ2v) is 7.20. The number of likely N-dealkylation sites (tertiary alicyclic amines) is 1. The summed E-state index contributed by atoms with van der Waals surface area (Å²) in [7, 11) is 0. The van der Waals surface area contributed by atoms with Crippen LogP contribution in [-0.4, -0.2) is 45.2 Å². The van der Waals surface area contributed by atoms with Gasteiger partial charge >= 0.3 is 0 Å². The van der Waals surface area contributed by atoms with Crippen LogP contribution in [0.1, 0.15) is 38.4 Å². The summed E-state index contributed by atoms with van der Waals surface area (Å²) in [4.78, 5) is 33.0. The van der Waals surface area contributed by atoms with Gasteiger partial charge in [0.1, 0.15) is 0 Å². The van der Waals surface area contributed by atoms with Gasteiger partial charge in [0.2, 0.25) is 11.8 Å². The molecule has 0 N–H and O–H groups in total. The topological polar surface area (TPSA) is 53.5 Å². The molecule has 118 valence electrons. The van der Waals surface area contributed by atoms with Crippen LogP contribution in [0.15, 0.2) is 18.3 Å². The van der Waals surface area contributed by atoms with Crippen molar-refractivity contribution in [1.82, 2.24) is 14.8 Å². The third kappa shape index (κ3) is 2.72. The van der Waals surface area contributed by atoms with Gasteiger partial charge in [0, 0.05) is 49.9 Å². The van der Waals surface area contributed by atoms with Crippen molar-refractivity contribution in [3.8, 4) is 0 Å². The second-order valence-electron chi connectivity index (χ2n) is 7.20. The summed E-state index contributed by atoms with van der Waals surface area (Å²) in [5, 5.41) is 0. The molecule has 2 amide bonds. The Balaban J connectivity index is 1.70. The van der Waals surface area contributed by atoms with Gasteiger partial charge in [0.15, 0.2) is 0 Å². The van der Waals surface area contributed by atoms with Crippen molar-refractivity contribution >= 4 is 11.8 Å². The Labute approximate surface area is 131 Å². The minimum absolute atomic E-state index is 0.0879. The van der Waals surface area contributed by atoms with Crippen LogP contribution in [0.2, 0.25) is 0 Å². The molecule has 3 heterocycles. The smallest absolute Gasteiger partial charge is 0.228 e. The molecule has 2 aliphatic heterocycles. The minimum atomic E-state index is -0.218. The second kappa shape index (κ2) is 5.38. The molecule has 0 spiro atoms. The van der Waals surface area contributed by atoms with E-state index >= 15 is 0 Å².